The maximum Gasteiger partial charge on any atom is 1.00 e. The summed E-state index contributed by atoms with van der Waals surface area (Å²) in [6.07, 6.45) is 1.12. The predicted octanol–water partition coefficient (Wildman–Crippen LogP) is -2.81. The normalized spacial score (nSPS) is 14.8. The first-order valence-electron chi connectivity index (χ1n) is 4.46. The van der Waals surface area contributed by atoms with Crippen molar-refractivity contribution in [1.82, 2.24) is 10.3 Å². The van der Waals surface area contributed by atoms with E-state index in [1.165, 1.54) is 6.07 Å². The van der Waals surface area contributed by atoms with Crippen LogP contribution in [0.25, 0.3) is 0 Å². The zero-order valence-electron chi connectivity index (χ0n) is 10.3. The molecular formula is C8H7N4NaO5. The summed E-state index contributed by atoms with van der Waals surface area (Å²) in [6, 6.07) is 1.85. The maximum absolute atomic E-state index is 11.1. The van der Waals surface area contributed by atoms with Gasteiger partial charge in [0.1, 0.15) is 11.5 Å². The Morgan fingerprint density at radius 2 is 2.28 bits per heavy atom. The molecule has 3 amide bonds. The van der Waals surface area contributed by atoms with Crippen molar-refractivity contribution in [2.24, 2.45) is 5.10 Å². The summed E-state index contributed by atoms with van der Waals surface area (Å²) in [4.78, 5) is 31.5. The van der Waals surface area contributed by atoms with Crippen molar-refractivity contribution in [1.29, 1.82) is 0 Å². The van der Waals surface area contributed by atoms with Crippen molar-refractivity contribution >= 4 is 24.0 Å². The second-order valence-corrected chi connectivity index (χ2v) is 3.09. The van der Waals surface area contributed by atoms with E-state index in [1.807, 2.05) is 5.32 Å². The van der Waals surface area contributed by atoms with Gasteiger partial charge in [-0.1, -0.05) is 0 Å². The van der Waals surface area contributed by atoms with Crippen LogP contribution in [0.15, 0.2) is 21.7 Å². The minimum atomic E-state index is -0.691. The van der Waals surface area contributed by atoms with Crippen molar-refractivity contribution in [3.63, 3.8) is 0 Å². The number of carbonyl (C=O) groups is 2. The van der Waals surface area contributed by atoms with Gasteiger partial charge >= 0.3 is 41.5 Å². The van der Waals surface area contributed by atoms with Gasteiger partial charge in [-0.05, 0) is 6.07 Å². The molecule has 0 bridgehead atoms. The third-order valence-corrected chi connectivity index (χ3v) is 1.89. The minimum absolute atomic E-state index is 0. The quantitative estimate of drug-likeness (QED) is 0.207. The molecule has 1 fully saturated rings. The molecule has 1 aromatic rings. The van der Waals surface area contributed by atoms with Gasteiger partial charge in [-0.25, -0.2) is 9.80 Å². The molecule has 1 N–H and O–H groups in total. The molecule has 90 valence electrons. The Balaban J connectivity index is 0.00000162. The summed E-state index contributed by atoms with van der Waals surface area (Å²) >= 11 is 0. The standard InChI is InChI=1S/C8H6N4O5.Na.H/c13-6-4-11(8(14)10-6)9-3-5-1-2-7(17-5)12(15)16;;/h1-3H,4H2,(H,10,13,14);;/q;+1;-1/b9-3-;;. The Bertz CT molecular complexity index is 531. The minimum Gasteiger partial charge on any atom is -1.00 e. The van der Waals surface area contributed by atoms with E-state index in [0.717, 1.165) is 17.3 Å². The molecule has 18 heavy (non-hydrogen) atoms. The van der Waals surface area contributed by atoms with Gasteiger partial charge in [0.15, 0.2) is 5.76 Å². The summed E-state index contributed by atoms with van der Waals surface area (Å²) in [5.41, 5.74) is 0. The number of nitrogens with one attached hydrogen (secondary N) is 1. The number of imide groups is 1. The molecule has 9 nitrogen and oxygen atoms in total. The molecule has 1 saturated heterocycles. The number of carbonyl (C=O) groups excluding carboxylic acids is 2. The molecular weight excluding hydrogens is 255 g/mol. The number of urea groups is 1. The molecule has 0 aromatic carbocycles. The Hall–Kier alpha value is -1.71. The van der Waals surface area contributed by atoms with E-state index in [1.54, 1.807) is 0 Å². The third kappa shape index (κ3) is 3.15. The number of hydrogen-bond acceptors (Lipinski definition) is 6. The monoisotopic (exact) mass is 262 g/mol. The number of nitro groups is 1. The third-order valence-electron chi connectivity index (χ3n) is 1.89. The van der Waals surface area contributed by atoms with E-state index in [4.69, 9.17) is 4.42 Å². The van der Waals surface area contributed by atoms with E-state index in [-0.39, 0.29) is 43.3 Å². The Labute approximate surface area is 124 Å². The van der Waals surface area contributed by atoms with Crippen molar-refractivity contribution in [2.75, 3.05) is 6.54 Å². The molecule has 2 heterocycles. The van der Waals surface area contributed by atoms with Crippen LogP contribution in [0.2, 0.25) is 0 Å². The summed E-state index contributed by atoms with van der Waals surface area (Å²) in [6.45, 7) is -0.182. The predicted molar refractivity (Wildman–Crippen MR) is 54.3 cm³/mol. The van der Waals surface area contributed by atoms with Crippen LogP contribution in [-0.2, 0) is 4.79 Å². The fourth-order valence-electron chi connectivity index (χ4n) is 1.16. The first-order valence-corrected chi connectivity index (χ1v) is 4.46. The fourth-order valence-corrected chi connectivity index (χ4v) is 1.16. The second-order valence-electron chi connectivity index (χ2n) is 3.09. The van der Waals surface area contributed by atoms with Gasteiger partial charge < -0.3 is 5.84 Å². The van der Waals surface area contributed by atoms with Gasteiger partial charge in [0.05, 0.1) is 12.3 Å². The average molecular weight is 262 g/mol. The summed E-state index contributed by atoms with van der Waals surface area (Å²) < 4.78 is 4.78. The van der Waals surface area contributed by atoms with E-state index >= 15 is 0 Å². The Morgan fingerprint density at radius 3 is 2.78 bits per heavy atom. The molecule has 0 spiro atoms. The Kier molecular flexibility index (Phi) is 4.59. The number of hydrogen-bond donors (Lipinski definition) is 1. The first-order chi connectivity index (χ1) is 8.06. The summed E-state index contributed by atoms with van der Waals surface area (Å²) in [5.74, 6) is -0.769. The number of rotatable bonds is 3. The van der Waals surface area contributed by atoms with Crippen LogP contribution in [0.1, 0.15) is 7.19 Å². The van der Waals surface area contributed by atoms with E-state index in [2.05, 4.69) is 5.10 Å². The maximum atomic E-state index is 11.1. The van der Waals surface area contributed by atoms with Gasteiger partial charge in [-0.3, -0.25) is 20.2 Å². The van der Waals surface area contributed by atoms with E-state index < -0.39 is 22.7 Å². The van der Waals surface area contributed by atoms with Gasteiger partial charge in [0, 0.05) is 0 Å². The molecule has 1 aliphatic heterocycles. The largest absolute Gasteiger partial charge is 1.00 e. The summed E-state index contributed by atoms with van der Waals surface area (Å²) in [5, 5.41) is 16.9. The molecule has 10 heteroatoms. The molecule has 0 atom stereocenters. The van der Waals surface area contributed by atoms with E-state index in [0.29, 0.717) is 0 Å². The molecule has 0 saturated carbocycles. The molecule has 2 rings (SSSR count). The van der Waals surface area contributed by atoms with Crippen LogP contribution in [0.4, 0.5) is 10.7 Å². The summed E-state index contributed by atoms with van der Waals surface area (Å²) in [7, 11) is 0. The van der Waals surface area contributed by atoms with Crippen LogP contribution in [0.5, 0.6) is 0 Å². The van der Waals surface area contributed by atoms with Gasteiger partial charge in [0.2, 0.25) is 5.91 Å². The molecule has 0 radical (unpaired) electrons. The topological polar surface area (TPSA) is 118 Å². The van der Waals surface area contributed by atoms with Crippen LogP contribution < -0.4 is 34.9 Å². The molecule has 0 aliphatic carbocycles. The van der Waals surface area contributed by atoms with Gasteiger partial charge in [-0.15, -0.1) is 0 Å². The number of nitrogens with zero attached hydrogens (tertiary/aromatic N) is 3. The molecule has 1 aliphatic rings. The number of amides is 3. The number of hydrazone groups is 1. The van der Waals surface area contributed by atoms with Crippen LogP contribution in [0.3, 0.4) is 0 Å². The fraction of sp³-hybridized carbons (Fsp3) is 0.125. The van der Waals surface area contributed by atoms with Crippen molar-refractivity contribution in [3.8, 4) is 0 Å². The van der Waals surface area contributed by atoms with Crippen LogP contribution >= 0.6 is 0 Å². The smallest absolute Gasteiger partial charge is 1.00 e. The Morgan fingerprint density at radius 1 is 1.56 bits per heavy atom. The zero-order valence-corrected chi connectivity index (χ0v) is 11.3. The van der Waals surface area contributed by atoms with E-state index in [9.17, 15) is 19.7 Å². The van der Waals surface area contributed by atoms with Crippen LogP contribution in [-0.4, -0.2) is 34.6 Å². The molecule has 0 unspecified atom stereocenters. The van der Waals surface area contributed by atoms with Gasteiger partial charge in [-0.2, -0.15) is 5.10 Å². The SMILES string of the molecule is O=C1CN(/N=C\c2ccc([N+](=O)[O-])o2)C(=O)N1.[H-].[Na+]. The van der Waals surface area contributed by atoms with Crippen molar-refractivity contribution < 1.29 is 49.9 Å². The zero-order chi connectivity index (χ0) is 12.4. The second kappa shape index (κ2) is 5.76. The molecule has 1 aromatic heterocycles. The van der Waals surface area contributed by atoms with Crippen LogP contribution in [0, 0.1) is 10.1 Å². The van der Waals surface area contributed by atoms with Crippen molar-refractivity contribution in [2.45, 2.75) is 0 Å². The van der Waals surface area contributed by atoms with Crippen molar-refractivity contribution in [3.05, 3.63) is 28.0 Å². The number of furan rings is 1. The first kappa shape index (κ1) is 14.4. The van der Waals surface area contributed by atoms with Gasteiger partial charge in [0.25, 0.3) is 0 Å². The average Bonchev–Trinajstić information content (AvgIpc) is 2.82.